The van der Waals surface area contributed by atoms with Gasteiger partial charge in [-0.3, -0.25) is 24.3 Å². The first-order valence-electron chi connectivity index (χ1n) is 11.7. The first-order valence-corrected chi connectivity index (χ1v) is 12.1. The van der Waals surface area contributed by atoms with E-state index in [4.69, 9.17) is 16.3 Å². The van der Waals surface area contributed by atoms with E-state index < -0.39 is 0 Å². The van der Waals surface area contributed by atoms with Crippen molar-refractivity contribution in [2.75, 3.05) is 91.8 Å². The third kappa shape index (κ3) is 6.64. The number of carbonyl (C=O) groups is 2. The van der Waals surface area contributed by atoms with Crippen molar-refractivity contribution in [3.8, 4) is 0 Å². The number of benzene rings is 1. The van der Waals surface area contributed by atoms with Crippen molar-refractivity contribution in [2.24, 2.45) is 0 Å². The smallest absolute Gasteiger partial charge is 0.236 e. The molecule has 0 bridgehead atoms. The van der Waals surface area contributed by atoms with E-state index in [-0.39, 0.29) is 17.6 Å². The van der Waals surface area contributed by atoms with E-state index >= 15 is 0 Å². The van der Waals surface area contributed by atoms with Crippen LogP contribution in [0.3, 0.4) is 0 Å². The Labute approximate surface area is 199 Å². The van der Waals surface area contributed by atoms with Crippen molar-refractivity contribution in [2.45, 2.75) is 6.54 Å². The Morgan fingerprint density at radius 1 is 0.788 bits per heavy atom. The summed E-state index contributed by atoms with van der Waals surface area (Å²) in [7, 11) is 0. The number of piperazine rings is 2. The van der Waals surface area contributed by atoms with E-state index in [0.29, 0.717) is 95.8 Å². The molecule has 2 amide bonds. The van der Waals surface area contributed by atoms with Gasteiger partial charge >= 0.3 is 0 Å². The lowest BCUT2D eigenvalue weighted by Crippen LogP contribution is -2.55. The highest BCUT2D eigenvalue weighted by Gasteiger charge is 2.27. The lowest BCUT2D eigenvalue weighted by molar-refractivity contribution is -0.137. The zero-order chi connectivity index (χ0) is 23.2. The van der Waals surface area contributed by atoms with Gasteiger partial charge in [0.1, 0.15) is 5.82 Å². The minimum absolute atomic E-state index is 0.117. The van der Waals surface area contributed by atoms with E-state index in [1.807, 2.05) is 9.80 Å². The lowest BCUT2D eigenvalue weighted by atomic mass is 10.2. The molecule has 0 aliphatic carbocycles. The molecule has 3 saturated heterocycles. The Hall–Kier alpha value is -1.78. The maximum atomic E-state index is 14.1. The molecule has 8 nitrogen and oxygen atoms in total. The molecule has 0 saturated carbocycles. The number of ether oxygens (including phenoxy) is 1. The molecule has 3 aliphatic rings. The van der Waals surface area contributed by atoms with Gasteiger partial charge in [-0.25, -0.2) is 4.39 Å². The Kier molecular flexibility index (Phi) is 8.54. The van der Waals surface area contributed by atoms with E-state index in [1.54, 1.807) is 12.1 Å². The molecule has 3 aliphatic heterocycles. The zero-order valence-corrected chi connectivity index (χ0v) is 19.8. The summed E-state index contributed by atoms with van der Waals surface area (Å²) in [4.78, 5) is 35.6. The molecule has 3 heterocycles. The summed E-state index contributed by atoms with van der Waals surface area (Å²) in [5.74, 6) is -0.0100. The van der Waals surface area contributed by atoms with Crippen molar-refractivity contribution in [1.82, 2.24) is 24.5 Å². The number of hydrogen-bond donors (Lipinski definition) is 0. The van der Waals surface area contributed by atoms with Crippen molar-refractivity contribution < 1.29 is 18.7 Å². The van der Waals surface area contributed by atoms with Crippen molar-refractivity contribution in [3.63, 3.8) is 0 Å². The van der Waals surface area contributed by atoms with Crippen LogP contribution in [0.1, 0.15) is 5.56 Å². The predicted octanol–water partition coefficient (Wildman–Crippen LogP) is 0.600. The number of amides is 2. The Morgan fingerprint density at radius 3 is 1.85 bits per heavy atom. The van der Waals surface area contributed by atoms with Crippen LogP contribution < -0.4 is 0 Å². The highest BCUT2D eigenvalue weighted by Crippen LogP contribution is 2.21. The highest BCUT2D eigenvalue weighted by atomic mass is 35.5. The molecule has 0 aromatic heterocycles. The maximum Gasteiger partial charge on any atom is 0.236 e. The van der Waals surface area contributed by atoms with Crippen LogP contribution >= 0.6 is 11.6 Å². The second-order valence-electron chi connectivity index (χ2n) is 8.90. The van der Waals surface area contributed by atoms with Gasteiger partial charge < -0.3 is 14.5 Å². The summed E-state index contributed by atoms with van der Waals surface area (Å²) in [5, 5.41) is 0.441. The summed E-state index contributed by atoms with van der Waals surface area (Å²) in [6.45, 7) is 9.67. The SMILES string of the molecule is O=C(CN1CCOCC1)N1CCN(CC(=O)N2CCN(Cc3c(F)cccc3Cl)CC2)CC1. The standard InChI is InChI=1S/C23H33ClFN5O3/c24-20-2-1-3-21(25)19(20)16-26-4-8-29(9-5-26)22(31)17-27-6-10-30(11-7-27)23(32)18-28-12-14-33-15-13-28/h1-3H,4-18H2. The van der Waals surface area contributed by atoms with Gasteiger partial charge in [-0.1, -0.05) is 17.7 Å². The monoisotopic (exact) mass is 481 g/mol. The molecular formula is C23H33ClFN5O3. The van der Waals surface area contributed by atoms with Gasteiger partial charge in [0.15, 0.2) is 0 Å². The molecule has 3 fully saturated rings. The Bertz CT molecular complexity index is 802. The molecule has 1 aromatic carbocycles. The number of halogens is 2. The van der Waals surface area contributed by atoms with Gasteiger partial charge in [-0.05, 0) is 12.1 Å². The molecular weight excluding hydrogens is 449 g/mol. The van der Waals surface area contributed by atoms with Crippen molar-refractivity contribution >= 4 is 23.4 Å². The van der Waals surface area contributed by atoms with Crippen LogP contribution in [-0.2, 0) is 20.9 Å². The molecule has 0 spiro atoms. The van der Waals surface area contributed by atoms with Crippen molar-refractivity contribution in [3.05, 3.63) is 34.6 Å². The number of nitrogens with zero attached hydrogens (tertiary/aromatic N) is 5. The zero-order valence-electron chi connectivity index (χ0n) is 19.1. The highest BCUT2D eigenvalue weighted by molar-refractivity contribution is 6.31. The summed E-state index contributed by atoms with van der Waals surface area (Å²) >= 11 is 6.15. The molecule has 0 radical (unpaired) electrons. The first kappa shape index (κ1) is 24.3. The molecule has 4 rings (SSSR count). The van der Waals surface area contributed by atoms with E-state index in [9.17, 15) is 14.0 Å². The third-order valence-corrected chi connectivity index (χ3v) is 7.07. The fourth-order valence-electron chi connectivity index (χ4n) is 4.56. The van der Waals surface area contributed by atoms with Gasteiger partial charge in [-0.2, -0.15) is 0 Å². The van der Waals surface area contributed by atoms with Crippen LogP contribution in [0.4, 0.5) is 4.39 Å². The predicted molar refractivity (Wildman–Crippen MR) is 124 cm³/mol. The Balaban J connectivity index is 1.16. The maximum absolute atomic E-state index is 14.1. The van der Waals surface area contributed by atoms with Crippen LogP contribution in [0.15, 0.2) is 18.2 Å². The molecule has 182 valence electrons. The topological polar surface area (TPSA) is 59.6 Å². The second kappa shape index (κ2) is 11.6. The first-order chi connectivity index (χ1) is 16.0. The molecule has 10 heteroatoms. The molecule has 0 unspecified atom stereocenters. The van der Waals surface area contributed by atoms with Crippen LogP contribution in [0.5, 0.6) is 0 Å². The minimum atomic E-state index is -0.288. The summed E-state index contributed by atoms with van der Waals surface area (Å²) in [6, 6.07) is 4.74. The lowest BCUT2D eigenvalue weighted by Gasteiger charge is -2.38. The van der Waals surface area contributed by atoms with Crippen LogP contribution in [-0.4, -0.2) is 128 Å². The normalized spacial score (nSPS) is 21.4. The van der Waals surface area contributed by atoms with Gasteiger partial charge in [0.2, 0.25) is 11.8 Å². The van der Waals surface area contributed by atoms with E-state index in [2.05, 4.69) is 14.7 Å². The van der Waals surface area contributed by atoms with Gasteiger partial charge in [0, 0.05) is 82.6 Å². The number of carbonyl (C=O) groups excluding carboxylic acids is 2. The largest absolute Gasteiger partial charge is 0.379 e. The van der Waals surface area contributed by atoms with Gasteiger partial charge in [-0.15, -0.1) is 0 Å². The minimum Gasteiger partial charge on any atom is -0.379 e. The van der Waals surface area contributed by atoms with Crippen LogP contribution in [0.25, 0.3) is 0 Å². The molecule has 33 heavy (non-hydrogen) atoms. The van der Waals surface area contributed by atoms with Gasteiger partial charge in [0.05, 0.1) is 26.3 Å². The molecule has 0 atom stereocenters. The van der Waals surface area contributed by atoms with Crippen molar-refractivity contribution in [1.29, 1.82) is 0 Å². The average molecular weight is 482 g/mol. The summed E-state index contributed by atoms with van der Waals surface area (Å²) in [6.07, 6.45) is 0. The second-order valence-corrected chi connectivity index (χ2v) is 9.31. The van der Waals surface area contributed by atoms with E-state index in [0.717, 1.165) is 13.1 Å². The number of hydrogen-bond acceptors (Lipinski definition) is 6. The van der Waals surface area contributed by atoms with Gasteiger partial charge in [0.25, 0.3) is 0 Å². The fourth-order valence-corrected chi connectivity index (χ4v) is 4.78. The molecule has 0 N–H and O–H groups in total. The Morgan fingerprint density at radius 2 is 1.30 bits per heavy atom. The summed E-state index contributed by atoms with van der Waals surface area (Å²) < 4.78 is 19.4. The summed E-state index contributed by atoms with van der Waals surface area (Å²) in [5.41, 5.74) is 0.514. The number of morpholine rings is 1. The quantitative estimate of drug-likeness (QED) is 0.593. The third-order valence-electron chi connectivity index (χ3n) is 6.71. The fraction of sp³-hybridized carbons (Fsp3) is 0.652. The van der Waals surface area contributed by atoms with Crippen LogP contribution in [0, 0.1) is 5.82 Å². The van der Waals surface area contributed by atoms with E-state index in [1.165, 1.54) is 6.07 Å². The number of rotatable bonds is 6. The molecule has 1 aromatic rings. The van der Waals surface area contributed by atoms with Crippen LogP contribution in [0.2, 0.25) is 5.02 Å². The average Bonchev–Trinajstić information content (AvgIpc) is 2.83.